The Hall–Kier alpha value is -3.26. The monoisotopic (exact) mass is 378 g/mol. The molecule has 0 aliphatic rings. The molecule has 7 nitrogen and oxygen atoms in total. The summed E-state index contributed by atoms with van der Waals surface area (Å²) in [5.74, 6) is -0.0894. The Morgan fingerprint density at radius 1 is 1.07 bits per heavy atom. The predicted octanol–water partition coefficient (Wildman–Crippen LogP) is 2.78. The van der Waals surface area contributed by atoms with E-state index in [0.717, 1.165) is 20.9 Å². The van der Waals surface area contributed by atoms with E-state index >= 15 is 0 Å². The number of amides is 1. The van der Waals surface area contributed by atoms with E-state index in [1.54, 1.807) is 22.3 Å². The van der Waals surface area contributed by atoms with Gasteiger partial charge in [0, 0.05) is 18.7 Å². The normalized spacial score (nSPS) is 10.8. The zero-order chi connectivity index (χ0) is 18.5. The highest BCUT2D eigenvalue weighted by molar-refractivity contribution is 7.22. The van der Waals surface area contributed by atoms with Crippen molar-refractivity contribution in [2.75, 3.05) is 18.4 Å². The lowest BCUT2D eigenvalue weighted by molar-refractivity contribution is 0.0955. The molecule has 0 spiro atoms. The van der Waals surface area contributed by atoms with E-state index in [9.17, 15) is 4.79 Å². The highest BCUT2D eigenvalue weighted by Crippen LogP contribution is 2.24. The molecule has 2 aromatic heterocycles. The number of aromatic nitrogens is 4. The lowest BCUT2D eigenvalue weighted by Gasteiger charge is -2.07. The van der Waals surface area contributed by atoms with Crippen molar-refractivity contribution >= 4 is 32.6 Å². The summed E-state index contributed by atoms with van der Waals surface area (Å²) in [6.07, 6.45) is 3.17. The second-order valence-electron chi connectivity index (χ2n) is 5.96. The minimum absolute atomic E-state index is 0.0894. The molecule has 0 unspecified atom stereocenters. The molecule has 0 radical (unpaired) electrons. The number of hydrogen-bond acceptors (Lipinski definition) is 6. The summed E-state index contributed by atoms with van der Waals surface area (Å²) in [5, 5.41) is 11.1. The number of nitrogens with zero attached hydrogens (tertiary/aromatic N) is 4. The van der Waals surface area contributed by atoms with Gasteiger partial charge >= 0.3 is 0 Å². The smallest absolute Gasteiger partial charge is 0.251 e. The maximum Gasteiger partial charge on any atom is 0.251 e. The van der Waals surface area contributed by atoms with Crippen molar-refractivity contribution in [3.8, 4) is 0 Å². The third-order valence-corrected chi connectivity index (χ3v) is 5.00. The average molecular weight is 378 g/mol. The van der Waals surface area contributed by atoms with Crippen LogP contribution in [0.15, 0.2) is 61.2 Å². The van der Waals surface area contributed by atoms with Crippen LogP contribution in [0.5, 0.6) is 0 Å². The van der Waals surface area contributed by atoms with E-state index in [1.165, 1.54) is 6.33 Å². The molecule has 0 aliphatic heterocycles. The van der Waals surface area contributed by atoms with Gasteiger partial charge < -0.3 is 10.6 Å². The van der Waals surface area contributed by atoms with Crippen molar-refractivity contribution in [3.63, 3.8) is 0 Å². The second-order valence-corrected chi connectivity index (χ2v) is 6.99. The molecule has 0 saturated carbocycles. The number of nitrogens with one attached hydrogen (secondary N) is 2. The number of rotatable bonds is 7. The van der Waals surface area contributed by atoms with Crippen LogP contribution >= 0.6 is 11.3 Å². The number of fused-ring (bicyclic) bond motifs is 1. The number of thiazole rings is 1. The molecule has 2 aromatic carbocycles. The summed E-state index contributed by atoms with van der Waals surface area (Å²) in [4.78, 5) is 20.7. The highest BCUT2D eigenvalue weighted by Gasteiger charge is 2.06. The fraction of sp³-hybridized carbons (Fsp3) is 0.158. The molecule has 0 aliphatic carbocycles. The highest BCUT2D eigenvalue weighted by atomic mass is 32.1. The van der Waals surface area contributed by atoms with Crippen LogP contribution in [0.4, 0.5) is 5.13 Å². The first-order valence-corrected chi connectivity index (χ1v) is 9.38. The van der Waals surface area contributed by atoms with Crippen molar-refractivity contribution in [1.29, 1.82) is 0 Å². The quantitative estimate of drug-likeness (QED) is 0.483. The molecule has 4 rings (SSSR count). The molecule has 2 N–H and O–H groups in total. The van der Waals surface area contributed by atoms with Gasteiger partial charge in [0.1, 0.15) is 12.7 Å². The lowest BCUT2D eigenvalue weighted by Crippen LogP contribution is -2.28. The number of para-hydroxylation sites is 1. The van der Waals surface area contributed by atoms with Crippen LogP contribution in [0.3, 0.4) is 0 Å². The number of carbonyl (C=O) groups is 1. The largest absolute Gasteiger partial charge is 0.360 e. The Bertz CT molecular complexity index is 993. The van der Waals surface area contributed by atoms with Crippen LogP contribution in [0.1, 0.15) is 15.9 Å². The summed E-state index contributed by atoms with van der Waals surface area (Å²) < 4.78 is 2.89. The topological polar surface area (TPSA) is 84.7 Å². The minimum Gasteiger partial charge on any atom is -0.360 e. The number of benzene rings is 2. The van der Waals surface area contributed by atoms with Crippen molar-refractivity contribution in [2.45, 2.75) is 6.54 Å². The first kappa shape index (κ1) is 17.2. The van der Waals surface area contributed by atoms with E-state index in [0.29, 0.717) is 25.2 Å². The van der Waals surface area contributed by atoms with Crippen LogP contribution in [-0.4, -0.2) is 38.7 Å². The Labute approximate surface area is 160 Å². The maximum atomic E-state index is 12.2. The first-order chi connectivity index (χ1) is 13.3. The minimum atomic E-state index is -0.0894. The summed E-state index contributed by atoms with van der Waals surface area (Å²) in [5.41, 5.74) is 2.69. The molecule has 0 atom stereocenters. The van der Waals surface area contributed by atoms with Gasteiger partial charge in [-0.3, -0.25) is 4.79 Å². The SMILES string of the molecule is O=C(NCCNc1nc2ccccc2s1)c1ccc(Cn2cncn2)cc1. The van der Waals surface area contributed by atoms with Gasteiger partial charge in [-0.05, 0) is 29.8 Å². The molecule has 136 valence electrons. The molecule has 0 fully saturated rings. The third-order valence-electron chi connectivity index (χ3n) is 4.01. The average Bonchev–Trinajstić information content (AvgIpc) is 3.34. The van der Waals surface area contributed by atoms with Crippen LogP contribution in [0.2, 0.25) is 0 Å². The van der Waals surface area contributed by atoms with E-state index in [1.807, 2.05) is 48.5 Å². The summed E-state index contributed by atoms with van der Waals surface area (Å²) in [6.45, 7) is 1.78. The van der Waals surface area contributed by atoms with Gasteiger partial charge in [0.25, 0.3) is 5.91 Å². The number of carbonyl (C=O) groups excluding carboxylic acids is 1. The molecular formula is C19H18N6OS. The third kappa shape index (κ3) is 4.29. The molecule has 27 heavy (non-hydrogen) atoms. The summed E-state index contributed by atoms with van der Waals surface area (Å²) >= 11 is 1.61. The van der Waals surface area contributed by atoms with E-state index < -0.39 is 0 Å². The van der Waals surface area contributed by atoms with Gasteiger partial charge in [-0.25, -0.2) is 14.6 Å². The zero-order valence-corrected chi connectivity index (χ0v) is 15.3. The first-order valence-electron chi connectivity index (χ1n) is 8.57. The van der Waals surface area contributed by atoms with E-state index in [2.05, 4.69) is 25.7 Å². The molecule has 4 aromatic rings. The molecule has 1 amide bonds. The maximum absolute atomic E-state index is 12.2. The van der Waals surface area contributed by atoms with E-state index in [-0.39, 0.29) is 5.91 Å². The van der Waals surface area contributed by atoms with Gasteiger partial charge in [-0.15, -0.1) is 0 Å². The van der Waals surface area contributed by atoms with Crippen LogP contribution < -0.4 is 10.6 Å². The van der Waals surface area contributed by atoms with Crippen LogP contribution in [0, 0.1) is 0 Å². The van der Waals surface area contributed by atoms with Gasteiger partial charge in [0.05, 0.1) is 16.8 Å². The number of anilines is 1. The predicted molar refractivity (Wildman–Crippen MR) is 106 cm³/mol. The Morgan fingerprint density at radius 3 is 2.70 bits per heavy atom. The Kier molecular flexibility index (Phi) is 5.06. The molecule has 8 heteroatoms. The molecule has 0 bridgehead atoms. The van der Waals surface area contributed by atoms with Crippen molar-refractivity contribution in [2.24, 2.45) is 0 Å². The van der Waals surface area contributed by atoms with E-state index in [4.69, 9.17) is 0 Å². The van der Waals surface area contributed by atoms with Crippen molar-refractivity contribution in [3.05, 3.63) is 72.3 Å². The fourth-order valence-corrected chi connectivity index (χ4v) is 3.55. The second kappa shape index (κ2) is 7.96. The van der Waals surface area contributed by atoms with Crippen molar-refractivity contribution < 1.29 is 4.79 Å². The van der Waals surface area contributed by atoms with Gasteiger partial charge in [0.2, 0.25) is 0 Å². The lowest BCUT2D eigenvalue weighted by atomic mass is 10.1. The standard InChI is InChI=1S/C19H18N6OS/c26-18(15-7-5-14(6-8-15)11-25-13-20-12-23-25)21-9-10-22-19-24-16-3-1-2-4-17(16)27-19/h1-8,12-13H,9-11H2,(H,21,26)(H,22,24). The molecule has 2 heterocycles. The van der Waals surface area contributed by atoms with Crippen LogP contribution in [-0.2, 0) is 6.54 Å². The summed E-state index contributed by atoms with van der Waals surface area (Å²) in [7, 11) is 0. The Morgan fingerprint density at radius 2 is 1.93 bits per heavy atom. The Balaban J connectivity index is 1.25. The van der Waals surface area contributed by atoms with Gasteiger partial charge in [0.15, 0.2) is 5.13 Å². The summed E-state index contributed by atoms with van der Waals surface area (Å²) in [6, 6.07) is 15.5. The number of hydrogen-bond donors (Lipinski definition) is 2. The van der Waals surface area contributed by atoms with Crippen LogP contribution in [0.25, 0.3) is 10.2 Å². The molecule has 0 saturated heterocycles. The van der Waals surface area contributed by atoms with Crippen molar-refractivity contribution in [1.82, 2.24) is 25.1 Å². The van der Waals surface area contributed by atoms with Gasteiger partial charge in [-0.1, -0.05) is 35.6 Å². The molecular weight excluding hydrogens is 360 g/mol. The fourth-order valence-electron chi connectivity index (χ4n) is 2.66. The van der Waals surface area contributed by atoms with Gasteiger partial charge in [-0.2, -0.15) is 5.10 Å². The zero-order valence-electron chi connectivity index (χ0n) is 14.5.